The number of ketones is 1. The van der Waals surface area contributed by atoms with Crippen molar-refractivity contribution in [2.45, 2.75) is 13.0 Å². The van der Waals surface area contributed by atoms with E-state index in [9.17, 15) is 14.9 Å². The number of amides is 1. The summed E-state index contributed by atoms with van der Waals surface area (Å²) in [5, 5.41) is 21.3. The van der Waals surface area contributed by atoms with Crippen LogP contribution >= 0.6 is 23.2 Å². The van der Waals surface area contributed by atoms with Crippen molar-refractivity contribution < 1.29 is 14.3 Å². The number of nitrogens with one attached hydrogen (secondary N) is 1. The molecule has 0 radical (unpaired) electrons. The van der Waals surface area contributed by atoms with Crippen molar-refractivity contribution in [1.29, 1.82) is 10.5 Å². The fraction of sp³-hybridized carbons (Fsp3) is 0.158. The van der Waals surface area contributed by atoms with Gasteiger partial charge in [-0.1, -0.05) is 35.3 Å². The van der Waals surface area contributed by atoms with Gasteiger partial charge >= 0.3 is 0 Å². The van der Waals surface area contributed by atoms with E-state index in [1.54, 1.807) is 18.2 Å². The molecule has 8 heteroatoms. The number of para-hydroxylation sites is 1. The van der Waals surface area contributed by atoms with Gasteiger partial charge in [0.1, 0.15) is 11.8 Å². The molecule has 0 aliphatic rings. The number of hydrogen-bond acceptors (Lipinski definition) is 5. The molecule has 27 heavy (non-hydrogen) atoms. The highest BCUT2D eigenvalue weighted by Gasteiger charge is 2.32. The minimum Gasteiger partial charge on any atom is -0.482 e. The van der Waals surface area contributed by atoms with Crippen LogP contribution in [0, 0.1) is 28.6 Å². The molecule has 2 rings (SSSR count). The maximum Gasteiger partial charge on any atom is 0.249 e. The van der Waals surface area contributed by atoms with Gasteiger partial charge < -0.3 is 10.1 Å². The Morgan fingerprint density at radius 2 is 1.85 bits per heavy atom. The number of benzene rings is 2. The van der Waals surface area contributed by atoms with Crippen LogP contribution in [-0.4, -0.2) is 17.8 Å². The van der Waals surface area contributed by atoms with Crippen LogP contribution in [0.2, 0.25) is 10.0 Å². The number of nitriles is 2. The van der Waals surface area contributed by atoms with Gasteiger partial charge in [0.05, 0.1) is 22.3 Å². The van der Waals surface area contributed by atoms with Crippen LogP contribution in [0.1, 0.15) is 12.5 Å². The summed E-state index contributed by atoms with van der Waals surface area (Å²) in [5.41, 5.74) is 0.463. The number of anilines is 1. The van der Waals surface area contributed by atoms with Gasteiger partial charge in [-0.15, -0.1) is 0 Å². The van der Waals surface area contributed by atoms with Gasteiger partial charge in [0.25, 0.3) is 0 Å². The first-order valence-electron chi connectivity index (χ1n) is 7.72. The van der Waals surface area contributed by atoms with E-state index in [-0.39, 0.29) is 22.0 Å². The van der Waals surface area contributed by atoms with Crippen molar-refractivity contribution in [3.63, 3.8) is 0 Å². The number of carbonyl (C=O) groups excluding carboxylic acids is 2. The Hall–Kier alpha value is -3.06. The molecule has 1 amide bonds. The lowest BCUT2D eigenvalue weighted by molar-refractivity contribution is -0.133. The summed E-state index contributed by atoms with van der Waals surface area (Å²) in [4.78, 5) is 24.9. The molecule has 2 aromatic rings. The van der Waals surface area contributed by atoms with E-state index in [0.717, 1.165) is 0 Å². The molecule has 0 saturated carbocycles. The Bertz CT molecular complexity index is 963. The van der Waals surface area contributed by atoms with E-state index in [4.69, 9.17) is 33.2 Å². The summed E-state index contributed by atoms with van der Waals surface area (Å²) in [6.07, 6.45) is -1.12. The fourth-order valence-corrected chi connectivity index (χ4v) is 2.65. The fourth-order valence-electron chi connectivity index (χ4n) is 2.19. The Balaban J connectivity index is 2.13. The smallest absolute Gasteiger partial charge is 0.249 e. The van der Waals surface area contributed by atoms with Gasteiger partial charge in [0, 0.05) is 5.02 Å². The molecule has 0 aliphatic carbocycles. The van der Waals surface area contributed by atoms with Crippen molar-refractivity contribution in [1.82, 2.24) is 0 Å². The minimum atomic E-state index is -1.61. The van der Waals surface area contributed by atoms with E-state index >= 15 is 0 Å². The quantitative estimate of drug-likeness (QED) is 0.737. The molecule has 2 atom stereocenters. The molecule has 0 bridgehead atoms. The normalized spacial score (nSPS) is 12.2. The number of hydrogen-bond donors (Lipinski definition) is 1. The topological polar surface area (TPSA) is 103 Å². The van der Waals surface area contributed by atoms with Crippen LogP contribution in [0.3, 0.4) is 0 Å². The predicted molar refractivity (Wildman–Crippen MR) is 100 cm³/mol. The van der Waals surface area contributed by atoms with E-state index < -0.39 is 23.7 Å². The highest BCUT2D eigenvalue weighted by atomic mass is 35.5. The van der Waals surface area contributed by atoms with Crippen molar-refractivity contribution in [3.05, 3.63) is 58.1 Å². The second-order valence-electron chi connectivity index (χ2n) is 5.45. The highest BCUT2D eigenvalue weighted by Crippen LogP contribution is 2.26. The Kier molecular flexibility index (Phi) is 6.79. The van der Waals surface area contributed by atoms with E-state index in [1.165, 1.54) is 37.3 Å². The van der Waals surface area contributed by atoms with Crippen molar-refractivity contribution in [3.8, 4) is 17.9 Å². The molecule has 0 aliphatic heterocycles. The molecule has 136 valence electrons. The third kappa shape index (κ3) is 4.98. The zero-order valence-electron chi connectivity index (χ0n) is 14.1. The molecule has 0 heterocycles. The van der Waals surface area contributed by atoms with Crippen LogP contribution in [-0.2, 0) is 9.59 Å². The lowest BCUT2D eigenvalue weighted by atomic mass is 10.0. The lowest BCUT2D eigenvalue weighted by Crippen LogP contribution is -2.37. The first-order valence-corrected chi connectivity index (χ1v) is 8.48. The van der Waals surface area contributed by atoms with Gasteiger partial charge in [-0.3, -0.25) is 9.59 Å². The second kappa shape index (κ2) is 9.05. The zero-order chi connectivity index (χ0) is 20.0. The monoisotopic (exact) mass is 401 g/mol. The summed E-state index contributed by atoms with van der Waals surface area (Å²) in [5.74, 6) is -3.00. The maximum atomic E-state index is 12.5. The van der Waals surface area contributed by atoms with Crippen LogP contribution in [0.15, 0.2) is 42.5 Å². The molecule has 2 aromatic carbocycles. The second-order valence-corrected chi connectivity index (χ2v) is 6.29. The standard InChI is InChI=1S/C19H13Cl2N3O3/c1-11(27-17-5-3-2-4-12(17)9-22)18(25)14(10-23)19(26)24-16-7-6-13(20)8-15(16)21/h2-8,11,14H,1H3,(H,24,26). The van der Waals surface area contributed by atoms with E-state index in [2.05, 4.69) is 5.32 Å². The van der Waals surface area contributed by atoms with Gasteiger partial charge in [-0.25, -0.2) is 0 Å². The molecule has 0 saturated heterocycles. The number of carbonyl (C=O) groups is 2. The predicted octanol–water partition coefficient (Wildman–Crippen LogP) is 3.98. The van der Waals surface area contributed by atoms with Crippen LogP contribution in [0.4, 0.5) is 5.69 Å². The molecule has 0 spiro atoms. The molecule has 1 N–H and O–H groups in total. The molecular formula is C19H13Cl2N3O3. The maximum absolute atomic E-state index is 12.5. The average molecular weight is 402 g/mol. The Labute approximate surface area is 165 Å². The molecule has 6 nitrogen and oxygen atoms in total. The first-order chi connectivity index (χ1) is 12.9. The molecule has 0 aromatic heterocycles. The SMILES string of the molecule is CC(Oc1ccccc1C#N)C(=O)C(C#N)C(=O)Nc1ccc(Cl)cc1Cl. The molecule has 2 unspecified atom stereocenters. The largest absolute Gasteiger partial charge is 0.482 e. The van der Waals surface area contributed by atoms with Gasteiger partial charge in [0.15, 0.2) is 17.8 Å². The van der Waals surface area contributed by atoms with Crippen molar-refractivity contribution in [2.75, 3.05) is 5.32 Å². The summed E-state index contributed by atoms with van der Waals surface area (Å²) >= 11 is 11.8. The number of nitrogens with zero attached hydrogens (tertiary/aromatic N) is 2. The highest BCUT2D eigenvalue weighted by molar-refractivity contribution is 6.36. The number of Topliss-reactive ketones (excluding diaryl/α,β-unsaturated/α-hetero) is 1. The van der Waals surface area contributed by atoms with Crippen LogP contribution in [0.25, 0.3) is 0 Å². The van der Waals surface area contributed by atoms with E-state index in [1.807, 2.05) is 6.07 Å². The number of halogens is 2. The number of ether oxygens (including phenoxy) is 1. The van der Waals surface area contributed by atoms with Gasteiger partial charge in [0.2, 0.25) is 5.91 Å². The summed E-state index contributed by atoms with van der Waals surface area (Å²) in [6, 6.07) is 14.4. The third-order valence-corrected chi connectivity index (χ3v) is 4.12. The van der Waals surface area contributed by atoms with Crippen LogP contribution < -0.4 is 10.1 Å². The van der Waals surface area contributed by atoms with Crippen molar-refractivity contribution >= 4 is 40.6 Å². The molecule has 0 fully saturated rings. The van der Waals surface area contributed by atoms with E-state index in [0.29, 0.717) is 5.02 Å². The minimum absolute atomic E-state index is 0.173. The van der Waals surface area contributed by atoms with Crippen LogP contribution in [0.5, 0.6) is 5.75 Å². The first kappa shape index (κ1) is 20.3. The number of rotatable bonds is 6. The summed E-state index contributed by atoms with van der Waals surface area (Å²) < 4.78 is 5.47. The zero-order valence-corrected chi connectivity index (χ0v) is 15.6. The van der Waals surface area contributed by atoms with Crippen molar-refractivity contribution in [2.24, 2.45) is 5.92 Å². The average Bonchev–Trinajstić information content (AvgIpc) is 2.65. The van der Waals surface area contributed by atoms with Gasteiger partial charge in [-0.05, 0) is 37.3 Å². The third-order valence-electron chi connectivity index (χ3n) is 3.58. The molecular weight excluding hydrogens is 389 g/mol. The Morgan fingerprint density at radius 1 is 1.15 bits per heavy atom. The summed E-state index contributed by atoms with van der Waals surface area (Å²) in [7, 11) is 0. The Morgan fingerprint density at radius 3 is 2.48 bits per heavy atom. The summed E-state index contributed by atoms with van der Waals surface area (Å²) in [6.45, 7) is 1.41. The lowest BCUT2D eigenvalue weighted by Gasteiger charge is -2.17. The van der Waals surface area contributed by atoms with Gasteiger partial charge in [-0.2, -0.15) is 10.5 Å².